The summed E-state index contributed by atoms with van der Waals surface area (Å²) in [6, 6.07) is 8.65. The van der Waals surface area contributed by atoms with Gasteiger partial charge in [0.2, 0.25) is 15.9 Å². The van der Waals surface area contributed by atoms with Crippen LogP contribution < -0.4 is 10.5 Å². The summed E-state index contributed by atoms with van der Waals surface area (Å²) in [5, 5.41) is 0.883. The lowest BCUT2D eigenvalue weighted by molar-refractivity contribution is -0.125. The Morgan fingerprint density at radius 1 is 0.978 bits per heavy atom. The molecule has 236 valence electrons. The Kier molecular flexibility index (Phi) is 8.25. The fraction of sp³-hybridized carbons (Fsp3) is 0.344. The highest BCUT2D eigenvalue weighted by molar-refractivity contribution is 7.89. The number of anilines is 1. The van der Waals surface area contributed by atoms with Crippen molar-refractivity contribution in [1.29, 1.82) is 0 Å². The maximum absolute atomic E-state index is 14.8. The molecule has 2 fully saturated rings. The lowest BCUT2D eigenvalue weighted by Gasteiger charge is -2.41. The molecule has 1 atom stereocenters. The number of pyridine rings is 2. The first kappa shape index (κ1) is 30.9. The monoisotopic (exact) mass is 642 g/mol. The van der Waals surface area contributed by atoms with E-state index in [4.69, 9.17) is 0 Å². The molecule has 1 amide bonds. The second kappa shape index (κ2) is 12.0. The van der Waals surface area contributed by atoms with E-state index in [1.807, 2.05) is 6.07 Å². The topological polar surface area (TPSA) is 103 Å². The Bertz CT molecular complexity index is 1930. The molecule has 2 aromatic carbocycles. The molecule has 4 aromatic rings. The van der Waals surface area contributed by atoms with Gasteiger partial charge in [0, 0.05) is 35.6 Å². The van der Waals surface area contributed by atoms with Crippen molar-refractivity contribution in [2.75, 3.05) is 11.4 Å². The van der Waals surface area contributed by atoms with E-state index in [9.17, 15) is 35.6 Å². The van der Waals surface area contributed by atoms with Gasteiger partial charge in [0.1, 0.15) is 6.04 Å². The Morgan fingerprint density at radius 2 is 1.69 bits per heavy atom. The number of nitrogens with one attached hydrogen (secondary N) is 1. The minimum Gasteiger partial charge on any atom is -0.329 e. The van der Waals surface area contributed by atoms with Crippen molar-refractivity contribution in [1.82, 2.24) is 14.3 Å². The summed E-state index contributed by atoms with van der Waals surface area (Å²) < 4.78 is 85.6. The third-order valence-electron chi connectivity index (χ3n) is 8.84. The van der Waals surface area contributed by atoms with Gasteiger partial charge in [0.25, 0.3) is 5.56 Å². The van der Waals surface area contributed by atoms with E-state index in [1.165, 1.54) is 29.7 Å². The fourth-order valence-corrected chi connectivity index (χ4v) is 7.90. The number of hydrogen-bond donors (Lipinski definition) is 1. The van der Waals surface area contributed by atoms with E-state index in [2.05, 4.69) is 9.97 Å². The van der Waals surface area contributed by atoms with Crippen LogP contribution in [0.5, 0.6) is 0 Å². The van der Waals surface area contributed by atoms with E-state index in [0.717, 1.165) is 38.2 Å². The lowest BCUT2D eigenvalue weighted by Crippen LogP contribution is -2.59. The summed E-state index contributed by atoms with van der Waals surface area (Å²) in [5.41, 5.74) is 0.588. The van der Waals surface area contributed by atoms with E-state index in [1.54, 1.807) is 24.4 Å². The maximum atomic E-state index is 14.8. The molecule has 1 aliphatic carbocycles. The van der Waals surface area contributed by atoms with Crippen LogP contribution in [0.4, 0.5) is 23.2 Å². The van der Waals surface area contributed by atoms with Crippen LogP contribution in [0.2, 0.25) is 0 Å². The lowest BCUT2D eigenvalue weighted by atomic mass is 9.85. The molecule has 13 heteroatoms. The number of H-pyrrole nitrogens is 1. The second-order valence-corrected chi connectivity index (χ2v) is 13.4. The largest absolute Gasteiger partial charge is 0.329 e. The standard InChI is InChI=1S/C32H30F4N4O4S/c1-18-26(33)28(35)30(29(36)27(18)34)45(43,44)40-14-12-25(40)32(42)39(23-9-10-24-20(15-23)11-13-37-31(24)41)17-22-8-7-21(16-38-22)19-5-3-2-4-6-19/h7-11,13,15-16,19,25H,2-6,12,14,17H2,1H3,(H,37,41)/t25-/m1/s1. The SMILES string of the molecule is Cc1c(F)c(F)c(S(=O)(=O)N2CC[C@@H]2C(=O)N(Cc2ccc(C3CCCCC3)cn2)c2ccc3c(=O)[nH]ccc3c2)c(F)c1F. The Labute approximate surface area is 256 Å². The Morgan fingerprint density at radius 3 is 2.31 bits per heavy atom. The van der Waals surface area contributed by atoms with Gasteiger partial charge in [-0.05, 0) is 73.4 Å². The molecule has 1 N–H and O–H groups in total. The van der Waals surface area contributed by atoms with Crippen LogP contribution in [0.3, 0.4) is 0 Å². The van der Waals surface area contributed by atoms with Crippen molar-refractivity contribution in [3.05, 3.63) is 99.2 Å². The number of rotatable bonds is 7. The number of benzene rings is 2. The number of halogens is 4. The van der Waals surface area contributed by atoms with Crippen LogP contribution in [0, 0.1) is 30.2 Å². The minimum atomic E-state index is -5.17. The molecule has 8 nitrogen and oxygen atoms in total. The third kappa shape index (κ3) is 5.52. The second-order valence-electron chi connectivity index (χ2n) is 11.6. The number of nitrogens with zero attached hydrogens (tertiary/aromatic N) is 3. The van der Waals surface area contributed by atoms with Gasteiger partial charge in [-0.2, -0.15) is 4.31 Å². The van der Waals surface area contributed by atoms with Gasteiger partial charge in [-0.3, -0.25) is 14.6 Å². The molecule has 45 heavy (non-hydrogen) atoms. The van der Waals surface area contributed by atoms with E-state index in [0.29, 0.717) is 32.4 Å². The normalized spacial score (nSPS) is 17.8. The van der Waals surface area contributed by atoms with Gasteiger partial charge >= 0.3 is 0 Å². The molecule has 1 saturated carbocycles. The zero-order valence-electron chi connectivity index (χ0n) is 24.3. The highest BCUT2D eigenvalue weighted by atomic mass is 32.2. The molecule has 0 unspecified atom stereocenters. The van der Waals surface area contributed by atoms with Crippen LogP contribution in [0.1, 0.15) is 61.3 Å². The maximum Gasteiger partial charge on any atom is 0.255 e. The number of aromatic nitrogens is 2. The summed E-state index contributed by atoms with van der Waals surface area (Å²) in [6.07, 6.45) is 8.88. The van der Waals surface area contributed by atoms with Crippen LogP contribution in [-0.2, 0) is 21.4 Å². The van der Waals surface area contributed by atoms with Crippen molar-refractivity contribution in [3.63, 3.8) is 0 Å². The molecule has 2 aliphatic rings. The zero-order valence-corrected chi connectivity index (χ0v) is 25.1. The Balaban J connectivity index is 1.35. The van der Waals surface area contributed by atoms with Crippen LogP contribution in [-0.4, -0.2) is 41.2 Å². The first-order valence-electron chi connectivity index (χ1n) is 14.7. The minimum absolute atomic E-state index is 0.00404. The fourth-order valence-electron chi connectivity index (χ4n) is 6.16. The van der Waals surface area contributed by atoms with Gasteiger partial charge < -0.3 is 9.88 Å². The van der Waals surface area contributed by atoms with Gasteiger partial charge in [0.15, 0.2) is 28.2 Å². The average Bonchev–Trinajstić information content (AvgIpc) is 3.01. The predicted molar refractivity (Wildman–Crippen MR) is 159 cm³/mol. The van der Waals surface area contributed by atoms with Gasteiger partial charge in [-0.1, -0.05) is 25.3 Å². The number of sulfonamides is 1. The summed E-state index contributed by atoms with van der Waals surface area (Å²) in [7, 11) is -5.17. The molecule has 6 rings (SSSR count). The van der Waals surface area contributed by atoms with E-state index < -0.39 is 55.7 Å². The summed E-state index contributed by atoms with van der Waals surface area (Å²) >= 11 is 0. The highest BCUT2D eigenvalue weighted by Gasteiger charge is 2.47. The summed E-state index contributed by atoms with van der Waals surface area (Å²) in [6.45, 7) is 0.400. The quantitative estimate of drug-likeness (QED) is 0.202. The number of aromatic amines is 1. The molecule has 3 heterocycles. The number of hydrogen-bond acceptors (Lipinski definition) is 5. The molecule has 0 radical (unpaired) electrons. The van der Waals surface area contributed by atoms with E-state index in [-0.39, 0.29) is 25.1 Å². The third-order valence-corrected chi connectivity index (χ3v) is 10.8. The number of fused-ring (bicyclic) bond motifs is 1. The van der Waals surface area contributed by atoms with Gasteiger partial charge in [0.05, 0.1) is 12.2 Å². The molecular formula is C32H30F4N4O4S. The van der Waals surface area contributed by atoms with Gasteiger partial charge in [-0.25, -0.2) is 26.0 Å². The van der Waals surface area contributed by atoms with Crippen molar-refractivity contribution >= 4 is 32.4 Å². The first-order valence-corrected chi connectivity index (χ1v) is 16.1. The molecule has 1 saturated heterocycles. The number of carbonyl (C=O) groups excluding carboxylic acids is 1. The van der Waals surface area contributed by atoms with Crippen molar-refractivity contribution < 1.29 is 30.8 Å². The van der Waals surface area contributed by atoms with Crippen LogP contribution in [0.15, 0.2) is 58.5 Å². The van der Waals surface area contributed by atoms with Crippen molar-refractivity contribution in [2.45, 2.75) is 68.8 Å². The molecule has 2 aromatic heterocycles. The smallest absolute Gasteiger partial charge is 0.255 e. The molecule has 0 bridgehead atoms. The van der Waals surface area contributed by atoms with Crippen molar-refractivity contribution in [2.24, 2.45) is 0 Å². The highest BCUT2D eigenvalue weighted by Crippen LogP contribution is 2.36. The average molecular weight is 643 g/mol. The van der Waals surface area contributed by atoms with Crippen molar-refractivity contribution in [3.8, 4) is 0 Å². The van der Waals surface area contributed by atoms with Crippen LogP contribution >= 0.6 is 0 Å². The predicted octanol–water partition coefficient (Wildman–Crippen LogP) is 5.83. The molecular weight excluding hydrogens is 612 g/mol. The van der Waals surface area contributed by atoms with E-state index >= 15 is 0 Å². The number of carbonyl (C=O) groups is 1. The summed E-state index contributed by atoms with van der Waals surface area (Å²) in [4.78, 5) is 33.0. The summed E-state index contributed by atoms with van der Waals surface area (Å²) in [5.74, 6) is -8.09. The Hall–Kier alpha value is -4.10. The molecule has 0 spiro atoms. The first-order chi connectivity index (χ1) is 21.5. The number of amides is 1. The van der Waals surface area contributed by atoms with Crippen LogP contribution in [0.25, 0.3) is 10.8 Å². The zero-order chi connectivity index (χ0) is 32.0. The molecule has 1 aliphatic heterocycles. The van der Waals surface area contributed by atoms with Gasteiger partial charge in [-0.15, -0.1) is 0 Å².